The molecule has 1 rings (SSSR count). The molecular weight excluding hydrogens is 192 g/mol. The van der Waals surface area contributed by atoms with Gasteiger partial charge in [-0.25, -0.2) is 0 Å². The van der Waals surface area contributed by atoms with Crippen LogP contribution in [0.15, 0.2) is 12.3 Å². The van der Waals surface area contributed by atoms with Crippen LogP contribution in [-0.2, 0) is 18.2 Å². The molecule has 0 bridgehead atoms. The molecule has 0 aliphatic heterocycles. The normalized spacial score (nSPS) is 15.2. The summed E-state index contributed by atoms with van der Waals surface area (Å²) in [5.74, 6) is 0. The SMILES string of the molecule is CCC(OC)C(O)CCc1ccnn1C. The molecule has 15 heavy (non-hydrogen) atoms. The molecule has 0 fully saturated rings. The first-order valence-electron chi connectivity index (χ1n) is 5.36. The van der Waals surface area contributed by atoms with E-state index < -0.39 is 6.10 Å². The fourth-order valence-electron chi connectivity index (χ4n) is 1.72. The van der Waals surface area contributed by atoms with Crippen molar-refractivity contribution >= 4 is 0 Å². The number of hydrogen-bond acceptors (Lipinski definition) is 3. The van der Waals surface area contributed by atoms with E-state index in [1.807, 2.05) is 24.7 Å². The van der Waals surface area contributed by atoms with Crippen LogP contribution < -0.4 is 0 Å². The van der Waals surface area contributed by atoms with Gasteiger partial charge in [0.15, 0.2) is 0 Å². The number of aromatic nitrogens is 2. The van der Waals surface area contributed by atoms with Gasteiger partial charge in [0, 0.05) is 26.0 Å². The number of hydrogen-bond donors (Lipinski definition) is 1. The van der Waals surface area contributed by atoms with Crippen molar-refractivity contribution < 1.29 is 9.84 Å². The number of aryl methyl sites for hydroxylation is 2. The molecule has 0 saturated carbocycles. The van der Waals surface area contributed by atoms with Crippen LogP contribution in [0.4, 0.5) is 0 Å². The van der Waals surface area contributed by atoms with Crippen LogP contribution in [0.25, 0.3) is 0 Å². The molecule has 0 amide bonds. The largest absolute Gasteiger partial charge is 0.390 e. The van der Waals surface area contributed by atoms with E-state index in [2.05, 4.69) is 5.10 Å². The number of ether oxygens (including phenoxy) is 1. The molecule has 2 atom stereocenters. The Hall–Kier alpha value is -0.870. The van der Waals surface area contributed by atoms with Crippen molar-refractivity contribution in [2.75, 3.05) is 7.11 Å². The first-order chi connectivity index (χ1) is 7.19. The highest BCUT2D eigenvalue weighted by atomic mass is 16.5. The van der Waals surface area contributed by atoms with E-state index in [4.69, 9.17) is 4.74 Å². The van der Waals surface area contributed by atoms with Gasteiger partial charge >= 0.3 is 0 Å². The van der Waals surface area contributed by atoms with E-state index in [1.54, 1.807) is 13.3 Å². The standard InChI is InChI=1S/C11H20N2O2/c1-4-11(15-3)10(14)6-5-9-7-8-12-13(9)2/h7-8,10-11,14H,4-6H2,1-3H3. The summed E-state index contributed by atoms with van der Waals surface area (Å²) in [4.78, 5) is 0. The monoisotopic (exact) mass is 212 g/mol. The maximum absolute atomic E-state index is 9.84. The fourth-order valence-corrected chi connectivity index (χ4v) is 1.72. The molecule has 0 radical (unpaired) electrons. The number of aliphatic hydroxyl groups is 1. The third-order valence-corrected chi connectivity index (χ3v) is 2.75. The van der Waals surface area contributed by atoms with Crippen molar-refractivity contribution in [1.29, 1.82) is 0 Å². The van der Waals surface area contributed by atoms with Crippen LogP contribution in [0, 0.1) is 0 Å². The maximum atomic E-state index is 9.84. The van der Waals surface area contributed by atoms with Crippen LogP contribution in [0.2, 0.25) is 0 Å². The lowest BCUT2D eigenvalue weighted by Crippen LogP contribution is -2.27. The van der Waals surface area contributed by atoms with Crippen molar-refractivity contribution in [2.45, 2.75) is 38.4 Å². The number of methoxy groups -OCH3 is 1. The molecule has 1 aromatic heterocycles. The molecule has 86 valence electrons. The van der Waals surface area contributed by atoms with Crippen LogP contribution in [0.1, 0.15) is 25.5 Å². The fraction of sp³-hybridized carbons (Fsp3) is 0.727. The Morgan fingerprint density at radius 2 is 2.33 bits per heavy atom. The Bertz CT molecular complexity index is 282. The minimum atomic E-state index is -0.394. The van der Waals surface area contributed by atoms with Crippen molar-refractivity contribution in [3.8, 4) is 0 Å². The molecule has 0 aliphatic rings. The van der Waals surface area contributed by atoms with Gasteiger partial charge in [0.1, 0.15) is 0 Å². The van der Waals surface area contributed by atoms with Crippen LogP contribution in [0.5, 0.6) is 0 Å². The first-order valence-corrected chi connectivity index (χ1v) is 5.36. The summed E-state index contributed by atoms with van der Waals surface area (Å²) in [5, 5.41) is 13.9. The van der Waals surface area contributed by atoms with Crippen molar-refractivity contribution in [3.63, 3.8) is 0 Å². The topological polar surface area (TPSA) is 47.3 Å². The summed E-state index contributed by atoms with van der Waals surface area (Å²) >= 11 is 0. The van der Waals surface area contributed by atoms with Crippen LogP contribution in [-0.4, -0.2) is 34.2 Å². The molecule has 0 aliphatic carbocycles. The predicted octanol–water partition coefficient (Wildman–Crippen LogP) is 1.14. The van der Waals surface area contributed by atoms with E-state index in [0.29, 0.717) is 6.42 Å². The van der Waals surface area contributed by atoms with Gasteiger partial charge in [0.05, 0.1) is 12.2 Å². The van der Waals surface area contributed by atoms with Gasteiger partial charge in [-0.3, -0.25) is 4.68 Å². The van der Waals surface area contributed by atoms with Crippen molar-refractivity contribution in [1.82, 2.24) is 9.78 Å². The molecule has 0 spiro atoms. The summed E-state index contributed by atoms with van der Waals surface area (Å²) in [7, 11) is 3.55. The summed E-state index contributed by atoms with van der Waals surface area (Å²) in [6.45, 7) is 2.02. The molecule has 1 aromatic rings. The van der Waals surface area contributed by atoms with Gasteiger partial charge in [-0.05, 0) is 25.3 Å². The van der Waals surface area contributed by atoms with Gasteiger partial charge in [-0.15, -0.1) is 0 Å². The van der Waals surface area contributed by atoms with Gasteiger partial charge < -0.3 is 9.84 Å². The lowest BCUT2D eigenvalue weighted by atomic mass is 10.1. The second-order valence-corrected chi connectivity index (χ2v) is 3.73. The first kappa shape index (κ1) is 12.2. The van der Waals surface area contributed by atoms with Gasteiger partial charge in [-0.1, -0.05) is 6.92 Å². The Morgan fingerprint density at radius 1 is 1.60 bits per heavy atom. The molecule has 0 saturated heterocycles. The van der Waals surface area contributed by atoms with Crippen molar-refractivity contribution in [3.05, 3.63) is 18.0 Å². The van der Waals surface area contributed by atoms with Gasteiger partial charge in [-0.2, -0.15) is 5.10 Å². The van der Waals surface area contributed by atoms with Crippen molar-refractivity contribution in [2.24, 2.45) is 7.05 Å². The molecule has 1 N–H and O–H groups in total. The Balaban J connectivity index is 2.40. The average molecular weight is 212 g/mol. The zero-order valence-corrected chi connectivity index (χ0v) is 9.68. The van der Waals surface area contributed by atoms with E-state index in [-0.39, 0.29) is 6.10 Å². The highest BCUT2D eigenvalue weighted by molar-refractivity contribution is 5.00. The number of aliphatic hydroxyl groups excluding tert-OH is 1. The third-order valence-electron chi connectivity index (χ3n) is 2.75. The van der Waals surface area contributed by atoms with E-state index in [9.17, 15) is 5.11 Å². The minimum absolute atomic E-state index is 0.0572. The summed E-state index contributed by atoms with van der Waals surface area (Å²) in [5.41, 5.74) is 1.14. The van der Waals surface area contributed by atoms with E-state index in [1.165, 1.54) is 0 Å². The number of nitrogens with zero attached hydrogens (tertiary/aromatic N) is 2. The van der Waals surface area contributed by atoms with E-state index >= 15 is 0 Å². The Labute approximate surface area is 90.9 Å². The van der Waals surface area contributed by atoms with E-state index in [0.717, 1.165) is 18.5 Å². The Kier molecular flexibility index (Phi) is 4.78. The highest BCUT2D eigenvalue weighted by Crippen LogP contribution is 2.10. The molecule has 1 heterocycles. The lowest BCUT2D eigenvalue weighted by Gasteiger charge is -2.19. The third kappa shape index (κ3) is 3.32. The summed E-state index contributed by atoms with van der Waals surface area (Å²) in [6.07, 6.45) is 3.70. The number of rotatable bonds is 6. The molecule has 0 aromatic carbocycles. The Morgan fingerprint density at radius 3 is 2.80 bits per heavy atom. The molecular formula is C11H20N2O2. The minimum Gasteiger partial charge on any atom is -0.390 e. The highest BCUT2D eigenvalue weighted by Gasteiger charge is 2.16. The zero-order valence-electron chi connectivity index (χ0n) is 9.68. The summed E-state index contributed by atoms with van der Waals surface area (Å²) < 4.78 is 7.02. The molecule has 4 nitrogen and oxygen atoms in total. The van der Waals surface area contributed by atoms with Gasteiger partial charge in [0.25, 0.3) is 0 Å². The maximum Gasteiger partial charge on any atom is 0.0827 e. The van der Waals surface area contributed by atoms with Crippen LogP contribution in [0.3, 0.4) is 0 Å². The van der Waals surface area contributed by atoms with Gasteiger partial charge in [0.2, 0.25) is 0 Å². The predicted molar refractivity (Wildman–Crippen MR) is 58.6 cm³/mol. The second-order valence-electron chi connectivity index (χ2n) is 3.73. The molecule has 2 unspecified atom stereocenters. The summed E-state index contributed by atoms with van der Waals surface area (Å²) in [6, 6.07) is 1.97. The average Bonchev–Trinajstić information content (AvgIpc) is 2.63. The molecule has 4 heteroatoms. The zero-order chi connectivity index (χ0) is 11.3. The second kappa shape index (κ2) is 5.88. The quantitative estimate of drug-likeness (QED) is 0.769. The lowest BCUT2D eigenvalue weighted by molar-refractivity contribution is -0.0171. The smallest absolute Gasteiger partial charge is 0.0827 e. The van der Waals surface area contributed by atoms with Crippen LogP contribution >= 0.6 is 0 Å².